The molecule has 1 aliphatic rings. The van der Waals surface area contributed by atoms with Crippen LogP contribution in [0.3, 0.4) is 0 Å². The Morgan fingerprint density at radius 3 is 3.08 bits per heavy atom. The molecule has 1 atom stereocenters. The average molecular weight is 340 g/mol. The highest BCUT2D eigenvalue weighted by Gasteiger charge is 2.25. The van der Waals surface area contributed by atoms with Crippen LogP contribution in [0.4, 0.5) is 5.82 Å². The third-order valence-electron chi connectivity index (χ3n) is 4.09. The normalized spacial score (nSPS) is 17.2. The van der Waals surface area contributed by atoms with Crippen molar-refractivity contribution in [3.8, 4) is 0 Å². The van der Waals surface area contributed by atoms with Crippen LogP contribution in [0, 0.1) is 0 Å². The molecule has 0 aliphatic carbocycles. The van der Waals surface area contributed by atoms with Gasteiger partial charge in [-0.2, -0.15) is 4.37 Å². The van der Waals surface area contributed by atoms with E-state index in [1.54, 1.807) is 18.7 Å². The molecule has 1 amide bonds. The summed E-state index contributed by atoms with van der Waals surface area (Å²) >= 11 is 1.43. The summed E-state index contributed by atoms with van der Waals surface area (Å²) in [5, 5.41) is 5.94. The van der Waals surface area contributed by atoms with Gasteiger partial charge in [0, 0.05) is 36.0 Å². The van der Waals surface area contributed by atoms with Gasteiger partial charge < -0.3 is 10.2 Å². The minimum atomic E-state index is 0.116. The zero-order valence-corrected chi connectivity index (χ0v) is 13.7. The Hall–Kier alpha value is -2.61. The fourth-order valence-electron chi connectivity index (χ4n) is 2.97. The Morgan fingerprint density at radius 1 is 1.33 bits per heavy atom. The first kappa shape index (κ1) is 14.9. The van der Waals surface area contributed by atoms with Gasteiger partial charge >= 0.3 is 0 Å². The van der Waals surface area contributed by atoms with E-state index in [-0.39, 0.29) is 11.9 Å². The molecular formula is C16H16N6OS. The molecule has 0 radical (unpaired) electrons. The number of amides is 1. The second-order valence-electron chi connectivity index (χ2n) is 5.76. The molecule has 0 bridgehead atoms. The van der Waals surface area contributed by atoms with Crippen molar-refractivity contribution in [1.29, 1.82) is 0 Å². The van der Waals surface area contributed by atoms with Crippen LogP contribution in [-0.2, 0) is 11.3 Å². The van der Waals surface area contributed by atoms with Gasteiger partial charge in [0.25, 0.3) is 0 Å². The Labute approximate surface area is 142 Å². The van der Waals surface area contributed by atoms with E-state index in [2.05, 4.69) is 29.5 Å². The first-order valence-corrected chi connectivity index (χ1v) is 8.61. The van der Waals surface area contributed by atoms with Crippen LogP contribution in [0.5, 0.6) is 0 Å². The molecule has 0 aromatic carbocycles. The van der Waals surface area contributed by atoms with Crippen molar-refractivity contribution in [2.24, 2.45) is 0 Å². The summed E-state index contributed by atoms with van der Waals surface area (Å²) in [6, 6.07) is 4.06. The van der Waals surface area contributed by atoms with Gasteiger partial charge in [-0.25, -0.2) is 9.97 Å². The lowest BCUT2D eigenvalue weighted by molar-refractivity contribution is -0.119. The maximum Gasteiger partial charge on any atom is 0.220 e. The number of anilines is 1. The third kappa shape index (κ3) is 3.05. The van der Waals surface area contributed by atoms with Crippen LogP contribution in [-0.4, -0.2) is 37.8 Å². The van der Waals surface area contributed by atoms with Crippen molar-refractivity contribution < 1.29 is 4.79 Å². The zero-order valence-electron chi connectivity index (χ0n) is 12.9. The number of fused-ring (bicyclic) bond motifs is 1. The molecule has 1 saturated heterocycles. The molecule has 7 nitrogen and oxygen atoms in total. The molecule has 0 spiro atoms. The fourth-order valence-corrected chi connectivity index (χ4v) is 3.50. The molecule has 8 heteroatoms. The smallest absolute Gasteiger partial charge is 0.220 e. The van der Waals surface area contributed by atoms with Gasteiger partial charge in [0.1, 0.15) is 12.1 Å². The van der Waals surface area contributed by atoms with Crippen molar-refractivity contribution >= 4 is 34.2 Å². The minimum absolute atomic E-state index is 0.116. The van der Waals surface area contributed by atoms with E-state index in [0.29, 0.717) is 19.5 Å². The molecule has 0 saturated carbocycles. The summed E-state index contributed by atoms with van der Waals surface area (Å²) in [7, 11) is 0. The van der Waals surface area contributed by atoms with E-state index in [1.165, 1.54) is 11.5 Å². The van der Waals surface area contributed by atoms with Gasteiger partial charge in [-0.3, -0.25) is 9.78 Å². The van der Waals surface area contributed by atoms with E-state index >= 15 is 0 Å². The molecule has 0 unspecified atom stereocenters. The SMILES string of the molecule is O=C1CC[C@@H](CN(Cc2ccsn2)c2ncnc3cnccc23)N1. The summed E-state index contributed by atoms with van der Waals surface area (Å²) in [6.07, 6.45) is 6.47. The van der Waals surface area contributed by atoms with Crippen LogP contribution in [0.15, 0.2) is 36.2 Å². The number of nitrogens with zero attached hydrogens (tertiary/aromatic N) is 5. The van der Waals surface area contributed by atoms with E-state index < -0.39 is 0 Å². The predicted octanol–water partition coefficient (Wildman–Crippen LogP) is 1.77. The molecule has 1 aliphatic heterocycles. The van der Waals surface area contributed by atoms with Crippen LogP contribution >= 0.6 is 11.5 Å². The van der Waals surface area contributed by atoms with E-state index in [9.17, 15) is 4.79 Å². The van der Waals surface area contributed by atoms with Gasteiger partial charge in [-0.05, 0) is 30.1 Å². The van der Waals surface area contributed by atoms with Crippen LogP contribution in [0.25, 0.3) is 10.9 Å². The Balaban J connectivity index is 1.69. The van der Waals surface area contributed by atoms with E-state index in [0.717, 1.165) is 28.8 Å². The monoisotopic (exact) mass is 340 g/mol. The van der Waals surface area contributed by atoms with Gasteiger partial charge in [-0.1, -0.05) is 0 Å². The summed E-state index contributed by atoms with van der Waals surface area (Å²) in [4.78, 5) is 26.6. The first-order chi connectivity index (χ1) is 11.8. The maximum atomic E-state index is 11.5. The van der Waals surface area contributed by atoms with Crippen LogP contribution in [0.1, 0.15) is 18.5 Å². The second-order valence-corrected chi connectivity index (χ2v) is 6.43. The van der Waals surface area contributed by atoms with Crippen LogP contribution < -0.4 is 10.2 Å². The predicted molar refractivity (Wildman–Crippen MR) is 91.7 cm³/mol. The van der Waals surface area contributed by atoms with Crippen molar-refractivity contribution in [2.45, 2.75) is 25.4 Å². The number of carbonyl (C=O) groups excluding carboxylic acids is 1. The number of nitrogens with one attached hydrogen (secondary N) is 1. The minimum Gasteiger partial charge on any atom is -0.352 e. The molecule has 4 heterocycles. The topological polar surface area (TPSA) is 83.9 Å². The lowest BCUT2D eigenvalue weighted by Gasteiger charge is -2.26. The molecule has 24 heavy (non-hydrogen) atoms. The standard InChI is InChI=1S/C16H16N6OS/c23-15-2-1-11(20-15)8-22(9-12-4-6-24-21-12)16-13-3-5-17-7-14(13)18-10-19-16/h3-7,10-11H,1-2,8-9H2,(H,20,23)/t11-/m0/s1. The Bertz CT molecular complexity index is 847. The summed E-state index contributed by atoms with van der Waals surface area (Å²) < 4.78 is 4.41. The number of aromatic nitrogens is 4. The molecule has 3 aromatic heterocycles. The summed E-state index contributed by atoms with van der Waals surface area (Å²) in [6.45, 7) is 1.34. The second kappa shape index (κ2) is 6.48. The Morgan fingerprint density at radius 2 is 2.29 bits per heavy atom. The zero-order chi connectivity index (χ0) is 16.4. The number of pyridine rings is 1. The molecular weight excluding hydrogens is 324 g/mol. The number of carbonyl (C=O) groups is 1. The van der Waals surface area contributed by atoms with Crippen molar-refractivity contribution in [1.82, 2.24) is 24.6 Å². The molecule has 122 valence electrons. The lowest BCUT2D eigenvalue weighted by atomic mass is 10.2. The number of hydrogen-bond acceptors (Lipinski definition) is 7. The molecule has 3 aromatic rings. The van der Waals surface area contributed by atoms with E-state index in [1.807, 2.05) is 17.5 Å². The Kier molecular flexibility index (Phi) is 4.04. The highest BCUT2D eigenvalue weighted by atomic mass is 32.1. The molecule has 1 N–H and O–H groups in total. The molecule has 4 rings (SSSR count). The number of hydrogen-bond donors (Lipinski definition) is 1. The highest BCUT2D eigenvalue weighted by molar-refractivity contribution is 7.03. The third-order valence-corrected chi connectivity index (χ3v) is 4.68. The van der Waals surface area contributed by atoms with Gasteiger partial charge in [-0.15, -0.1) is 0 Å². The average Bonchev–Trinajstić information content (AvgIpc) is 3.26. The van der Waals surface area contributed by atoms with E-state index in [4.69, 9.17) is 0 Å². The van der Waals surface area contributed by atoms with Crippen molar-refractivity contribution in [2.75, 3.05) is 11.4 Å². The molecule has 1 fully saturated rings. The summed E-state index contributed by atoms with van der Waals surface area (Å²) in [5.74, 6) is 0.960. The van der Waals surface area contributed by atoms with Gasteiger partial charge in [0.05, 0.1) is 24.0 Å². The highest BCUT2D eigenvalue weighted by Crippen LogP contribution is 2.24. The van der Waals surface area contributed by atoms with Gasteiger partial charge in [0.15, 0.2) is 0 Å². The quantitative estimate of drug-likeness (QED) is 0.762. The largest absolute Gasteiger partial charge is 0.352 e. The number of rotatable bonds is 5. The van der Waals surface area contributed by atoms with Crippen molar-refractivity contribution in [3.05, 3.63) is 41.9 Å². The van der Waals surface area contributed by atoms with Crippen LogP contribution in [0.2, 0.25) is 0 Å². The lowest BCUT2D eigenvalue weighted by Crippen LogP contribution is -2.39. The summed E-state index contributed by atoms with van der Waals surface area (Å²) in [5.41, 5.74) is 1.80. The van der Waals surface area contributed by atoms with Gasteiger partial charge in [0.2, 0.25) is 5.91 Å². The van der Waals surface area contributed by atoms with Crippen molar-refractivity contribution in [3.63, 3.8) is 0 Å². The maximum absolute atomic E-state index is 11.5. The fraction of sp³-hybridized carbons (Fsp3) is 0.312. The first-order valence-electron chi connectivity index (χ1n) is 7.78.